The minimum atomic E-state index is -0.645. The van der Waals surface area contributed by atoms with E-state index in [2.05, 4.69) is 20.5 Å². The Kier molecular flexibility index (Phi) is 4.60. The van der Waals surface area contributed by atoms with Gasteiger partial charge in [-0.3, -0.25) is 14.9 Å². The number of ether oxygens (including phenoxy) is 2. The fourth-order valence-electron chi connectivity index (χ4n) is 2.30. The number of aromatic amines is 1. The molecule has 0 saturated carbocycles. The predicted octanol–water partition coefficient (Wildman–Crippen LogP) is 2.88. The summed E-state index contributed by atoms with van der Waals surface area (Å²) in [5.74, 6) is -0.638. The quantitative estimate of drug-likeness (QED) is 0.744. The number of amides is 1. The van der Waals surface area contributed by atoms with E-state index < -0.39 is 11.7 Å². The maximum absolute atomic E-state index is 14.2. The average Bonchev–Trinajstić information content (AvgIpc) is 3.13. The third-order valence-electron chi connectivity index (χ3n) is 3.53. The second kappa shape index (κ2) is 7.00. The largest absolute Gasteiger partial charge is 0.493 e. The number of H-pyrrole nitrogens is 1. The summed E-state index contributed by atoms with van der Waals surface area (Å²) in [5.41, 5.74) is 1.21. The van der Waals surface area contributed by atoms with E-state index in [0.717, 1.165) is 6.07 Å². The summed E-state index contributed by atoms with van der Waals surface area (Å²) in [7, 11) is 2.83. The van der Waals surface area contributed by atoms with Crippen molar-refractivity contribution < 1.29 is 18.7 Å². The molecule has 0 fully saturated rings. The van der Waals surface area contributed by atoms with Crippen LogP contribution in [0.1, 0.15) is 10.4 Å². The van der Waals surface area contributed by atoms with Gasteiger partial charge in [-0.05, 0) is 12.1 Å². The Bertz CT molecular complexity index is 896. The topological polar surface area (TPSA) is 89.1 Å². The first-order valence-electron chi connectivity index (χ1n) is 7.31. The third kappa shape index (κ3) is 3.27. The van der Waals surface area contributed by atoms with Crippen molar-refractivity contribution in [1.29, 1.82) is 0 Å². The van der Waals surface area contributed by atoms with Gasteiger partial charge in [0.1, 0.15) is 0 Å². The number of benzene rings is 1. The van der Waals surface area contributed by atoms with Crippen LogP contribution in [0, 0.1) is 5.82 Å². The fourth-order valence-corrected chi connectivity index (χ4v) is 2.30. The van der Waals surface area contributed by atoms with Crippen molar-refractivity contribution in [3.63, 3.8) is 0 Å². The molecule has 0 aliphatic carbocycles. The maximum atomic E-state index is 14.2. The predicted molar refractivity (Wildman–Crippen MR) is 89.3 cm³/mol. The average molecular weight is 342 g/mol. The van der Waals surface area contributed by atoms with E-state index in [1.54, 1.807) is 24.4 Å². The van der Waals surface area contributed by atoms with Gasteiger partial charge in [-0.25, -0.2) is 4.39 Å². The summed E-state index contributed by atoms with van der Waals surface area (Å²) >= 11 is 0. The molecule has 0 radical (unpaired) electrons. The lowest BCUT2D eigenvalue weighted by molar-refractivity contribution is 0.102. The highest BCUT2D eigenvalue weighted by molar-refractivity contribution is 6.07. The standard InChI is InChI=1S/C17H15FN4O3/c1-24-14-7-11(18)13(8-15(14)25-2)21-17(23)10-9-20-22-16(10)12-5-3-4-6-19-12/h3-9H,1-2H3,(H,20,22)(H,21,23). The van der Waals surface area contributed by atoms with Crippen molar-refractivity contribution in [1.82, 2.24) is 15.2 Å². The summed E-state index contributed by atoms with van der Waals surface area (Å²) in [6.07, 6.45) is 2.96. The Morgan fingerprint density at radius 1 is 1.20 bits per heavy atom. The van der Waals surface area contributed by atoms with Gasteiger partial charge < -0.3 is 14.8 Å². The zero-order valence-corrected chi connectivity index (χ0v) is 13.5. The van der Waals surface area contributed by atoms with Crippen LogP contribution in [0.15, 0.2) is 42.7 Å². The first-order chi connectivity index (χ1) is 12.1. The highest BCUT2D eigenvalue weighted by atomic mass is 19.1. The molecular weight excluding hydrogens is 327 g/mol. The summed E-state index contributed by atoms with van der Waals surface area (Å²) < 4.78 is 24.3. The molecule has 3 rings (SSSR count). The molecule has 1 aromatic carbocycles. The molecule has 2 N–H and O–H groups in total. The normalized spacial score (nSPS) is 10.4. The SMILES string of the molecule is COc1cc(F)c(NC(=O)c2cn[nH]c2-c2ccccn2)cc1OC. The second-order valence-electron chi connectivity index (χ2n) is 5.01. The molecule has 8 heteroatoms. The van der Waals surface area contributed by atoms with Crippen molar-refractivity contribution >= 4 is 11.6 Å². The molecule has 1 amide bonds. The molecule has 0 aliphatic heterocycles. The number of pyridine rings is 1. The number of aromatic nitrogens is 3. The van der Waals surface area contributed by atoms with E-state index in [1.807, 2.05) is 0 Å². The summed E-state index contributed by atoms with van der Waals surface area (Å²) in [5, 5.41) is 9.12. The zero-order chi connectivity index (χ0) is 17.8. The second-order valence-corrected chi connectivity index (χ2v) is 5.01. The Balaban J connectivity index is 1.91. The smallest absolute Gasteiger partial charge is 0.259 e. The van der Waals surface area contributed by atoms with E-state index in [-0.39, 0.29) is 17.0 Å². The van der Waals surface area contributed by atoms with Crippen molar-refractivity contribution in [2.24, 2.45) is 0 Å². The lowest BCUT2D eigenvalue weighted by atomic mass is 10.1. The van der Waals surface area contributed by atoms with Gasteiger partial charge in [0, 0.05) is 18.3 Å². The number of carbonyl (C=O) groups excluding carboxylic acids is 1. The zero-order valence-electron chi connectivity index (χ0n) is 13.5. The molecule has 0 aliphatic rings. The summed E-state index contributed by atoms with van der Waals surface area (Å²) in [4.78, 5) is 16.7. The monoisotopic (exact) mass is 342 g/mol. The Morgan fingerprint density at radius 2 is 1.96 bits per heavy atom. The molecule has 25 heavy (non-hydrogen) atoms. The number of halogens is 1. The third-order valence-corrected chi connectivity index (χ3v) is 3.53. The van der Waals surface area contributed by atoms with Crippen molar-refractivity contribution in [2.75, 3.05) is 19.5 Å². The van der Waals surface area contributed by atoms with Crippen LogP contribution in [-0.2, 0) is 0 Å². The molecule has 0 saturated heterocycles. The van der Waals surface area contributed by atoms with Gasteiger partial charge in [-0.2, -0.15) is 5.10 Å². The lowest BCUT2D eigenvalue weighted by Crippen LogP contribution is -2.14. The molecule has 3 aromatic rings. The van der Waals surface area contributed by atoms with Crippen LogP contribution >= 0.6 is 0 Å². The van der Waals surface area contributed by atoms with Crippen LogP contribution in [0.3, 0.4) is 0 Å². The van der Waals surface area contributed by atoms with Crippen LogP contribution in [0.25, 0.3) is 11.4 Å². The number of hydrogen-bond donors (Lipinski definition) is 2. The molecule has 0 atom stereocenters. The van der Waals surface area contributed by atoms with Crippen molar-refractivity contribution in [3.05, 3.63) is 54.1 Å². The Hall–Kier alpha value is -3.42. The summed E-state index contributed by atoms with van der Waals surface area (Å²) in [6, 6.07) is 7.79. The van der Waals surface area contributed by atoms with Crippen LogP contribution < -0.4 is 14.8 Å². The molecule has 0 unspecified atom stereocenters. The van der Waals surface area contributed by atoms with Gasteiger partial charge in [-0.1, -0.05) is 6.07 Å². The molecule has 2 heterocycles. The van der Waals surface area contributed by atoms with E-state index in [9.17, 15) is 9.18 Å². The van der Waals surface area contributed by atoms with Crippen molar-refractivity contribution in [2.45, 2.75) is 0 Å². The van der Waals surface area contributed by atoms with Gasteiger partial charge in [0.15, 0.2) is 17.3 Å². The van der Waals surface area contributed by atoms with E-state index in [4.69, 9.17) is 9.47 Å². The molecule has 2 aromatic heterocycles. The highest BCUT2D eigenvalue weighted by Gasteiger charge is 2.19. The van der Waals surface area contributed by atoms with Gasteiger partial charge in [0.25, 0.3) is 5.91 Å². The number of rotatable bonds is 5. The number of anilines is 1. The molecule has 0 spiro atoms. The summed E-state index contributed by atoms with van der Waals surface area (Å²) in [6.45, 7) is 0. The first-order valence-corrected chi connectivity index (χ1v) is 7.31. The number of nitrogens with one attached hydrogen (secondary N) is 2. The number of nitrogens with zero attached hydrogens (tertiary/aromatic N) is 2. The van der Waals surface area contributed by atoms with E-state index in [0.29, 0.717) is 17.1 Å². The van der Waals surface area contributed by atoms with Gasteiger partial charge in [-0.15, -0.1) is 0 Å². The Morgan fingerprint density at radius 3 is 2.64 bits per heavy atom. The molecule has 7 nitrogen and oxygen atoms in total. The minimum Gasteiger partial charge on any atom is -0.493 e. The van der Waals surface area contributed by atoms with Gasteiger partial charge >= 0.3 is 0 Å². The first kappa shape index (κ1) is 16.4. The number of carbonyl (C=O) groups is 1. The minimum absolute atomic E-state index is 0.0316. The fraction of sp³-hybridized carbons (Fsp3) is 0.118. The van der Waals surface area contributed by atoms with Gasteiger partial charge in [0.05, 0.1) is 43.1 Å². The molecule has 128 valence electrons. The van der Waals surface area contributed by atoms with Crippen LogP contribution in [0.5, 0.6) is 11.5 Å². The molecular formula is C17H15FN4O3. The lowest BCUT2D eigenvalue weighted by Gasteiger charge is -2.12. The Labute approximate surface area is 142 Å². The van der Waals surface area contributed by atoms with Crippen LogP contribution in [0.4, 0.5) is 10.1 Å². The highest BCUT2D eigenvalue weighted by Crippen LogP contribution is 2.32. The number of methoxy groups -OCH3 is 2. The molecule has 0 bridgehead atoms. The number of hydrogen-bond acceptors (Lipinski definition) is 5. The maximum Gasteiger partial charge on any atom is 0.259 e. The van der Waals surface area contributed by atoms with Crippen LogP contribution in [0.2, 0.25) is 0 Å². The van der Waals surface area contributed by atoms with Crippen LogP contribution in [-0.4, -0.2) is 35.3 Å². The van der Waals surface area contributed by atoms with Crippen molar-refractivity contribution in [3.8, 4) is 22.9 Å². The van der Waals surface area contributed by atoms with Gasteiger partial charge in [0.2, 0.25) is 0 Å². The van der Waals surface area contributed by atoms with E-state index >= 15 is 0 Å². The van der Waals surface area contributed by atoms with E-state index in [1.165, 1.54) is 26.5 Å².